The average molecular weight is 494 g/mol. The van der Waals surface area contributed by atoms with Gasteiger partial charge in [-0.1, -0.05) is 0 Å². The number of carbonyl (C=O) groups is 5. The van der Waals surface area contributed by atoms with Gasteiger partial charge in [0.15, 0.2) is 0 Å². The Balaban J connectivity index is -0.0000000251. The molecule has 0 bridgehead atoms. The van der Waals surface area contributed by atoms with Crippen LogP contribution in [0.15, 0.2) is 0 Å². The minimum atomic E-state index is -0.833. The number of hydrogen-bond acceptors (Lipinski definition) is 9. The Bertz CT molecular complexity index is 293. The van der Waals surface area contributed by atoms with Crippen LogP contribution in [0.2, 0.25) is 0 Å². The molecule has 0 amide bonds. The van der Waals surface area contributed by atoms with E-state index in [9.17, 15) is 0 Å². The molecule has 0 aliphatic rings. The van der Waals surface area contributed by atoms with Crippen LogP contribution >= 0.6 is 0 Å². The van der Waals surface area contributed by atoms with E-state index in [1.54, 1.807) is 0 Å². The third kappa shape index (κ3) is 5600. The number of nitrogens with two attached hydrogens (primary N) is 2. The van der Waals surface area contributed by atoms with E-state index < -0.39 is 29.8 Å². The van der Waals surface area contributed by atoms with Crippen molar-refractivity contribution in [1.29, 1.82) is 0 Å². The Hall–Kier alpha value is -2.33. The zero-order valence-corrected chi connectivity index (χ0v) is 18.9. The number of hydrogen-bond donors (Lipinski definition) is 9. The Morgan fingerprint density at radius 3 is 0.767 bits per heavy atom. The van der Waals surface area contributed by atoms with E-state index in [4.69, 9.17) is 61.0 Å². The van der Waals surface area contributed by atoms with Gasteiger partial charge in [0, 0.05) is 77.9 Å². The standard InChI is InChI=1S/C4H13N3.5C2H4O2.Fe.H3N.H2O/c5-1-3-7-4-2-6;5*1-2(3)4;;;/h7H,1-6H2;5*1H3,(H,3,4);;1H3;1H2. The molecule has 0 heterocycles. The Kier molecular flexibility index (Phi) is 106. The first-order chi connectivity index (χ1) is 12.1. The maximum Gasteiger partial charge on any atom is 0.300 e. The minimum Gasteiger partial charge on any atom is -0.481 e. The van der Waals surface area contributed by atoms with Gasteiger partial charge in [-0.3, -0.25) is 24.0 Å². The van der Waals surface area contributed by atoms with Gasteiger partial charge in [0.05, 0.1) is 0 Å². The van der Waals surface area contributed by atoms with Gasteiger partial charge in [0.2, 0.25) is 0 Å². The van der Waals surface area contributed by atoms with Gasteiger partial charge in [-0.25, -0.2) is 0 Å². The molecule has 15 N–H and O–H groups in total. The molecule has 0 unspecified atom stereocenters. The number of aliphatic carboxylic acids is 5. The Labute approximate surface area is 186 Å². The molecular formula is C14H38FeN4O11. The van der Waals surface area contributed by atoms with Crippen LogP contribution in [0.1, 0.15) is 34.6 Å². The molecular weight excluding hydrogens is 456 g/mol. The van der Waals surface area contributed by atoms with Crippen molar-refractivity contribution in [3.63, 3.8) is 0 Å². The fourth-order valence-electron chi connectivity index (χ4n) is 0.329. The van der Waals surface area contributed by atoms with Crippen molar-refractivity contribution in [2.45, 2.75) is 34.6 Å². The molecule has 0 aliphatic carbocycles. The van der Waals surface area contributed by atoms with Gasteiger partial charge in [-0.2, -0.15) is 0 Å². The molecule has 0 spiro atoms. The fraction of sp³-hybridized carbons (Fsp3) is 0.643. The van der Waals surface area contributed by atoms with Gasteiger partial charge in [0.1, 0.15) is 0 Å². The second-order valence-electron chi connectivity index (χ2n) is 3.92. The molecule has 0 aromatic heterocycles. The van der Waals surface area contributed by atoms with Gasteiger partial charge in [-0.05, 0) is 0 Å². The van der Waals surface area contributed by atoms with Crippen molar-refractivity contribution in [2.24, 2.45) is 11.5 Å². The molecule has 0 saturated carbocycles. The quantitative estimate of drug-likeness (QED) is 0.155. The largest absolute Gasteiger partial charge is 0.481 e. The van der Waals surface area contributed by atoms with E-state index in [-0.39, 0.29) is 28.7 Å². The van der Waals surface area contributed by atoms with Crippen LogP contribution in [-0.2, 0) is 41.0 Å². The molecule has 0 fully saturated rings. The van der Waals surface area contributed by atoms with Crippen LogP contribution in [0.25, 0.3) is 0 Å². The van der Waals surface area contributed by atoms with Crippen molar-refractivity contribution < 1.29 is 72.1 Å². The molecule has 0 radical (unpaired) electrons. The first kappa shape index (κ1) is 56.5. The molecule has 0 saturated heterocycles. The summed E-state index contributed by atoms with van der Waals surface area (Å²) in [5.74, 6) is -4.17. The van der Waals surface area contributed by atoms with Crippen LogP contribution in [0.4, 0.5) is 0 Å². The monoisotopic (exact) mass is 494 g/mol. The molecule has 16 heteroatoms. The molecule has 0 aromatic carbocycles. The van der Waals surface area contributed by atoms with E-state index in [2.05, 4.69) is 5.32 Å². The third-order valence-corrected chi connectivity index (χ3v) is 0.642. The first-order valence-corrected chi connectivity index (χ1v) is 7.16. The summed E-state index contributed by atoms with van der Waals surface area (Å²) in [4.78, 5) is 45.0. The van der Waals surface area contributed by atoms with E-state index in [0.29, 0.717) is 13.1 Å². The smallest absolute Gasteiger partial charge is 0.300 e. The molecule has 0 atom stereocenters. The summed E-state index contributed by atoms with van der Waals surface area (Å²) in [6.45, 7) is 8.55. The summed E-state index contributed by atoms with van der Waals surface area (Å²) in [6, 6.07) is 0. The van der Waals surface area contributed by atoms with Gasteiger partial charge in [-0.15, -0.1) is 0 Å². The normalized spacial score (nSPS) is 6.37. The Morgan fingerprint density at radius 2 is 0.700 bits per heavy atom. The summed E-state index contributed by atoms with van der Waals surface area (Å²) < 4.78 is 0. The maximum absolute atomic E-state index is 9.00. The number of rotatable bonds is 4. The second kappa shape index (κ2) is 56.3. The van der Waals surface area contributed by atoms with E-state index in [1.807, 2.05) is 0 Å². The van der Waals surface area contributed by atoms with Gasteiger partial charge in [0.25, 0.3) is 29.8 Å². The number of carboxylic acid groups (broad SMARTS) is 5. The van der Waals surface area contributed by atoms with E-state index >= 15 is 0 Å². The fourth-order valence-corrected chi connectivity index (χ4v) is 0.329. The van der Waals surface area contributed by atoms with Gasteiger partial charge >= 0.3 is 0 Å². The molecule has 30 heavy (non-hydrogen) atoms. The van der Waals surface area contributed by atoms with Crippen molar-refractivity contribution in [2.75, 3.05) is 26.2 Å². The SMILES string of the molecule is CC(=O)O.CC(=O)O.CC(=O)O.CC(=O)O.CC(=O)O.N.NCCNCCN.O.[Fe]. The molecule has 0 aromatic rings. The van der Waals surface area contributed by atoms with Crippen LogP contribution < -0.4 is 22.9 Å². The third-order valence-electron chi connectivity index (χ3n) is 0.642. The van der Waals surface area contributed by atoms with Crippen LogP contribution in [0.5, 0.6) is 0 Å². The summed E-state index contributed by atoms with van der Waals surface area (Å²) in [5, 5.41) is 40.1. The van der Waals surface area contributed by atoms with Crippen LogP contribution in [0.3, 0.4) is 0 Å². The first-order valence-electron chi connectivity index (χ1n) is 7.16. The van der Waals surface area contributed by atoms with Crippen molar-refractivity contribution >= 4 is 29.8 Å². The predicted molar refractivity (Wildman–Crippen MR) is 106 cm³/mol. The molecule has 15 nitrogen and oxygen atoms in total. The summed E-state index contributed by atoms with van der Waals surface area (Å²) in [6.07, 6.45) is 0. The number of carboxylic acids is 5. The summed E-state index contributed by atoms with van der Waals surface area (Å²) >= 11 is 0. The van der Waals surface area contributed by atoms with Crippen molar-refractivity contribution in [3.05, 3.63) is 0 Å². The number of nitrogens with one attached hydrogen (secondary N) is 1. The predicted octanol–water partition coefficient (Wildman–Crippen LogP) is -1.72. The van der Waals surface area contributed by atoms with Crippen molar-refractivity contribution in [3.8, 4) is 0 Å². The molecule has 188 valence electrons. The molecule has 0 aliphatic heterocycles. The van der Waals surface area contributed by atoms with Crippen LogP contribution in [-0.4, -0.2) is 87.0 Å². The molecule has 0 rings (SSSR count). The minimum absolute atomic E-state index is 0. The maximum atomic E-state index is 9.00. The Morgan fingerprint density at radius 1 is 0.600 bits per heavy atom. The summed E-state index contributed by atoms with van der Waals surface area (Å²) in [5.41, 5.74) is 10.3. The average Bonchev–Trinajstić information content (AvgIpc) is 2.35. The topological polar surface area (TPSA) is 317 Å². The zero-order valence-electron chi connectivity index (χ0n) is 17.8. The van der Waals surface area contributed by atoms with Crippen molar-refractivity contribution in [1.82, 2.24) is 11.5 Å². The van der Waals surface area contributed by atoms with E-state index in [0.717, 1.165) is 47.7 Å². The van der Waals surface area contributed by atoms with Crippen LogP contribution in [0, 0.1) is 0 Å². The van der Waals surface area contributed by atoms with Gasteiger partial charge < -0.3 is 53.9 Å². The second-order valence-corrected chi connectivity index (χ2v) is 3.92. The summed E-state index contributed by atoms with van der Waals surface area (Å²) in [7, 11) is 0. The van der Waals surface area contributed by atoms with E-state index in [1.165, 1.54) is 0 Å². The zero-order chi connectivity index (χ0) is 23.4.